The largest absolute Gasteiger partial charge is 0.391 e. The molecule has 0 radical (unpaired) electrons. The molecular weight excluding hydrogens is 274 g/mol. The number of nitrogens with zero attached hydrogens (tertiary/aromatic N) is 1. The van der Waals surface area contributed by atoms with E-state index >= 15 is 0 Å². The van der Waals surface area contributed by atoms with Gasteiger partial charge in [-0.1, -0.05) is 5.57 Å². The number of hydrogen-bond acceptors (Lipinski definition) is 5. The van der Waals surface area contributed by atoms with Crippen LogP contribution < -0.4 is 0 Å². The number of quaternary nitrogens is 1. The molecule has 4 N–H and O–H groups in total. The Kier molecular flexibility index (Phi) is 8.39. The fraction of sp³-hybridized carbons (Fsp3) is 0.818. The molecule has 0 aliphatic carbocycles. The molecule has 0 amide bonds. The fourth-order valence-electron chi connectivity index (χ4n) is 1.94. The molecule has 0 aromatic rings. The van der Waals surface area contributed by atoms with Gasteiger partial charge in [-0.05, 0) is 13.0 Å². The molecule has 19 heavy (non-hydrogen) atoms. The molecule has 0 atom stereocenters. The van der Waals surface area contributed by atoms with Crippen molar-refractivity contribution in [1.82, 2.24) is 0 Å². The first-order chi connectivity index (χ1) is 8.78. The molecule has 0 saturated carbocycles. The third-order valence-electron chi connectivity index (χ3n) is 2.96. The zero-order valence-electron chi connectivity index (χ0n) is 11.2. The highest BCUT2D eigenvalue weighted by Gasteiger charge is 2.24. The van der Waals surface area contributed by atoms with Gasteiger partial charge in [-0.25, -0.2) is 0 Å². The van der Waals surface area contributed by atoms with Crippen molar-refractivity contribution >= 4 is 10.1 Å². The first kappa shape index (κ1) is 18.5. The maximum atomic E-state index is 10.7. The van der Waals surface area contributed by atoms with E-state index in [2.05, 4.69) is 0 Å². The number of hydrogen-bond donors (Lipinski definition) is 4. The van der Waals surface area contributed by atoms with Crippen molar-refractivity contribution in [3.05, 3.63) is 11.6 Å². The summed E-state index contributed by atoms with van der Waals surface area (Å²) >= 11 is 0. The SMILES string of the molecule is C/C(=C/C[N+](CCO)(CCO)CCO)CS(=O)(=O)O. The molecule has 0 unspecified atom stereocenters. The molecule has 0 aromatic carbocycles. The standard InChI is InChI=1S/C11H23NO6S/c1-11(10-19(16,17)18)2-3-12(4-7-13,5-8-14)6-9-15/h2,13-15H,3-10H2,1H3/p+1/b11-2-. The maximum absolute atomic E-state index is 10.7. The van der Waals surface area contributed by atoms with Crippen molar-refractivity contribution in [1.29, 1.82) is 0 Å². The first-order valence-corrected chi connectivity index (χ1v) is 7.68. The third kappa shape index (κ3) is 8.30. The highest BCUT2D eigenvalue weighted by atomic mass is 32.2. The van der Waals surface area contributed by atoms with Crippen LogP contribution in [0.2, 0.25) is 0 Å². The second-order valence-corrected chi connectivity index (χ2v) is 6.10. The number of aliphatic hydroxyl groups excluding tert-OH is 3. The van der Waals surface area contributed by atoms with Crippen molar-refractivity contribution < 1.29 is 32.8 Å². The van der Waals surface area contributed by atoms with Gasteiger partial charge in [0.1, 0.15) is 19.6 Å². The molecule has 7 nitrogen and oxygen atoms in total. The van der Waals surface area contributed by atoms with Crippen molar-refractivity contribution in [3.8, 4) is 0 Å². The summed E-state index contributed by atoms with van der Waals surface area (Å²) in [6, 6.07) is 0. The summed E-state index contributed by atoms with van der Waals surface area (Å²) in [5.74, 6) is -0.440. The molecular formula is C11H24NO6S+. The molecule has 0 heterocycles. The lowest BCUT2D eigenvalue weighted by atomic mass is 10.2. The lowest BCUT2D eigenvalue weighted by Crippen LogP contribution is -2.53. The molecule has 0 spiro atoms. The molecule has 0 bridgehead atoms. The monoisotopic (exact) mass is 298 g/mol. The fourth-order valence-corrected chi connectivity index (χ4v) is 2.64. The molecule has 114 valence electrons. The van der Waals surface area contributed by atoms with Crippen LogP contribution in [0, 0.1) is 0 Å². The second kappa shape index (κ2) is 8.62. The topological polar surface area (TPSA) is 115 Å². The van der Waals surface area contributed by atoms with Crippen molar-refractivity contribution in [2.75, 3.05) is 51.8 Å². The van der Waals surface area contributed by atoms with E-state index in [-0.39, 0.29) is 24.3 Å². The first-order valence-electron chi connectivity index (χ1n) is 6.07. The summed E-state index contributed by atoms with van der Waals surface area (Å²) in [6.45, 7) is 2.76. The Hall–Kier alpha value is -0.510. The van der Waals surface area contributed by atoms with E-state index in [0.29, 0.717) is 31.8 Å². The van der Waals surface area contributed by atoms with Crippen LogP contribution >= 0.6 is 0 Å². The van der Waals surface area contributed by atoms with Crippen molar-refractivity contribution in [3.63, 3.8) is 0 Å². The van der Waals surface area contributed by atoms with Gasteiger partial charge < -0.3 is 19.8 Å². The zero-order chi connectivity index (χ0) is 14.9. The van der Waals surface area contributed by atoms with Crippen LogP contribution in [0.25, 0.3) is 0 Å². The van der Waals surface area contributed by atoms with Crippen LogP contribution in [0.1, 0.15) is 6.92 Å². The Morgan fingerprint density at radius 3 is 1.79 bits per heavy atom. The minimum absolute atomic E-state index is 0.0921. The summed E-state index contributed by atoms with van der Waals surface area (Å²) in [5.41, 5.74) is 0.485. The highest BCUT2D eigenvalue weighted by molar-refractivity contribution is 7.85. The van der Waals surface area contributed by atoms with Gasteiger partial charge in [0.25, 0.3) is 10.1 Å². The smallest absolute Gasteiger partial charge is 0.268 e. The third-order valence-corrected chi connectivity index (χ3v) is 3.78. The minimum Gasteiger partial charge on any atom is -0.391 e. The van der Waals surface area contributed by atoms with Gasteiger partial charge in [-0.15, -0.1) is 0 Å². The Labute approximate surface area is 114 Å². The Morgan fingerprint density at radius 2 is 1.47 bits per heavy atom. The van der Waals surface area contributed by atoms with Crippen molar-refractivity contribution in [2.24, 2.45) is 0 Å². The molecule has 0 aliphatic heterocycles. The van der Waals surface area contributed by atoms with Crippen LogP contribution in [0.15, 0.2) is 11.6 Å². The second-order valence-electron chi connectivity index (χ2n) is 4.64. The summed E-state index contributed by atoms with van der Waals surface area (Å²) in [4.78, 5) is 0. The normalized spacial score (nSPS) is 13.8. The maximum Gasteiger partial charge on any atom is 0.268 e. The number of rotatable bonds is 10. The number of aliphatic hydroxyl groups is 3. The van der Waals surface area contributed by atoms with E-state index in [1.165, 1.54) is 0 Å². The summed E-state index contributed by atoms with van der Waals surface area (Å²) in [7, 11) is -4.05. The van der Waals surface area contributed by atoms with Gasteiger partial charge in [0.05, 0.1) is 32.1 Å². The highest BCUT2D eigenvalue weighted by Crippen LogP contribution is 2.08. The Bertz CT molecular complexity index is 362. The Morgan fingerprint density at radius 1 is 1.05 bits per heavy atom. The van der Waals surface area contributed by atoms with E-state index in [4.69, 9.17) is 19.9 Å². The van der Waals surface area contributed by atoms with E-state index < -0.39 is 15.9 Å². The van der Waals surface area contributed by atoms with E-state index in [1.807, 2.05) is 0 Å². The van der Waals surface area contributed by atoms with Crippen LogP contribution in [0.3, 0.4) is 0 Å². The summed E-state index contributed by atoms with van der Waals surface area (Å²) in [6.07, 6.45) is 1.65. The van der Waals surface area contributed by atoms with Crippen LogP contribution in [0.5, 0.6) is 0 Å². The van der Waals surface area contributed by atoms with Gasteiger partial charge >= 0.3 is 0 Å². The molecule has 0 fully saturated rings. The lowest BCUT2D eigenvalue weighted by molar-refractivity contribution is -0.923. The van der Waals surface area contributed by atoms with Crippen LogP contribution in [0.4, 0.5) is 0 Å². The predicted octanol–water partition coefficient (Wildman–Crippen LogP) is -1.39. The van der Waals surface area contributed by atoms with Crippen molar-refractivity contribution in [2.45, 2.75) is 6.92 Å². The van der Waals surface area contributed by atoms with Gasteiger partial charge in [0.2, 0.25) is 0 Å². The molecule has 0 aromatic heterocycles. The van der Waals surface area contributed by atoms with Gasteiger partial charge in [0, 0.05) is 0 Å². The Balaban J connectivity index is 4.84. The average molecular weight is 298 g/mol. The summed E-state index contributed by atoms with van der Waals surface area (Å²) in [5, 5.41) is 27.2. The zero-order valence-corrected chi connectivity index (χ0v) is 12.0. The van der Waals surface area contributed by atoms with E-state index in [1.54, 1.807) is 13.0 Å². The lowest BCUT2D eigenvalue weighted by Gasteiger charge is -2.36. The van der Waals surface area contributed by atoms with Gasteiger partial charge in [-0.3, -0.25) is 4.55 Å². The average Bonchev–Trinajstić information content (AvgIpc) is 2.25. The predicted molar refractivity (Wildman–Crippen MR) is 71.2 cm³/mol. The van der Waals surface area contributed by atoms with Crippen LogP contribution in [-0.4, -0.2) is 84.5 Å². The molecule has 0 rings (SSSR count). The molecule has 0 saturated heterocycles. The molecule has 0 aliphatic rings. The molecule has 8 heteroatoms. The summed E-state index contributed by atoms with van der Waals surface area (Å²) < 4.78 is 30.5. The van der Waals surface area contributed by atoms with Gasteiger partial charge in [0.15, 0.2) is 0 Å². The van der Waals surface area contributed by atoms with Gasteiger partial charge in [-0.2, -0.15) is 8.42 Å². The van der Waals surface area contributed by atoms with E-state index in [0.717, 1.165) is 0 Å². The van der Waals surface area contributed by atoms with E-state index in [9.17, 15) is 8.42 Å². The van der Waals surface area contributed by atoms with Crippen LogP contribution in [-0.2, 0) is 10.1 Å². The quantitative estimate of drug-likeness (QED) is 0.224. The minimum atomic E-state index is -4.05.